The second kappa shape index (κ2) is 64.9. The van der Waals surface area contributed by atoms with Crippen molar-refractivity contribution in [3.63, 3.8) is 0 Å². The third-order valence-corrected chi connectivity index (χ3v) is 14.1. The van der Waals surface area contributed by atoms with Crippen LogP contribution in [0.1, 0.15) is 316 Å². The van der Waals surface area contributed by atoms with Crippen LogP contribution in [0.4, 0.5) is 0 Å². The minimum atomic E-state index is -0.782. The van der Waals surface area contributed by atoms with Gasteiger partial charge in [-0.3, -0.25) is 14.4 Å². The summed E-state index contributed by atoms with van der Waals surface area (Å²) in [6.45, 7) is 6.41. The quantitative estimate of drug-likeness (QED) is 0.0261. The van der Waals surface area contributed by atoms with E-state index in [1.54, 1.807) is 0 Å². The van der Waals surface area contributed by atoms with Crippen LogP contribution in [0, 0.1) is 0 Å². The highest BCUT2D eigenvalue weighted by molar-refractivity contribution is 5.71. The van der Waals surface area contributed by atoms with E-state index in [1.807, 2.05) is 0 Å². The number of hydrogen-bond donors (Lipinski definition) is 0. The molecule has 0 aliphatic carbocycles. The van der Waals surface area contributed by atoms with Gasteiger partial charge in [-0.2, -0.15) is 0 Å². The molecule has 6 heteroatoms. The fraction of sp³-hybridized carbons (Fsp3) is 0.732. The normalized spacial score (nSPS) is 12.7. The van der Waals surface area contributed by atoms with Crippen LogP contribution in [0.2, 0.25) is 0 Å². The summed E-state index contributed by atoms with van der Waals surface area (Å²) < 4.78 is 16.9. The molecular formula is C71H122O6. The Kier molecular flexibility index (Phi) is 61.8. The molecular weight excluding hydrogens is 949 g/mol. The predicted octanol–water partition coefficient (Wildman–Crippen LogP) is 22.4. The largest absolute Gasteiger partial charge is 0.462 e. The average Bonchev–Trinajstić information content (AvgIpc) is 3.43. The van der Waals surface area contributed by atoms with Crippen molar-refractivity contribution in [1.82, 2.24) is 0 Å². The number of ether oxygens (including phenoxy) is 3. The average molecular weight is 1070 g/mol. The number of carbonyl (C=O) groups excluding carboxylic acids is 3. The van der Waals surface area contributed by atoms with Gasteiger partial charge >= 0.3 is 17.9 Å². The van der Waals surface area contributed by atoms with Gasteiger partial charge in [-0.25, -0.2) is 0 Å². The van der Waals surface area contributed by atoms with Crippen LogP contribution >= 0.6 is 0 Å². The molecule has 0 fully saturated rings. The summed E-state index contributed by atoms with van der Waals surface area (Å²) >= 11 is 0. The SMILES string of the molecule is CC/C=C\C/C=C\C/C=C\C/C=C\CCCCCCCCCCCCCCCCCCCCC(=O)OCC(COC(=O)CCCCCCCCCCC)OC(=O)CCCCCCCC/C=C\C/C=C\C/C=C\C/C=C\CC. The monoisotopic (exact) mass is 1070 g/mol. The summed E-state index contributed by atoms with van der Waals surface area (Å²) in [6, 6.07) is 0. The minimum Gasteiger partial charge on any atom is -0.462 e. The molecule has 0 radical (unpaired) electrons. The van der Waals surface area contributed by atoms with Gasteiger partial charge in [0.25, 0.3) is 0 Å². The Hall–Kier alpha value is -3.67. The first-order chi connectivity index (χ1) is 38.0. The fourth-order valence-electron chi connectivity index (χ4n) is 9.25. The minimum absolute atomic E-state index is 0.0795. The maximum atomic E-state index is 12.9. The first-order valence-corrected chi connectivity index (χ1v) is 32.7. The molecule has 0 spiro atoms. The van der Waals surface area contributed by atoms with Crippen molar-refractivity contribution < 1.29 is 28.6 Å². The van der Waals surface area contributed by atoms with Gasteiger partial charge in [-0.05, 0) is 96.3 Å². The Morgan fingerprint density at radius 3 is 0.792 bits per heavy atom. The molecule has 0 N–H and O–H groups in total. The first-order valence-electron chi connectivity index (χ1n) is 32.7. The van der Waals surface area contributed by atoms with Gasteiger partial charge in [0.2, 0.25) is 0 Å². The zero-order valence-corrected chi connectivity index (χ0v) is 50.7. The van der Waals surface area contributed by atoms with Crippen molar-refractivity contribution in [2.45, 2.75) is 322 Å². The standard InChI is InChI=1S/C71H122O6/c1-4-7-10-13-16-19-21-23-25-27-29-30-31-32-33-34-35-36-37-38-39-40-42-43-45-47-49-52-55-58-61-64-70(73)76-67-68(66-75-69(72)63-60-57-54-51-18-15-12-9-6-3)77-71(74)65-62-59-56-53-50-48-46-44-41-28-26-24-22-20-17-14-11-8-5-2/h7-8,10-11,16-17,19-20,23-26,29-30,41,44,68H,4-6,9,12-15,18,21-22,27-28,31-40,42-43,45-67H2,1-3H3/b10-7-,11-8-,19-16-,20-17-,25-23-,26-24-,30-29-,44-41-. The van der Waals surface area contributed by atoms with Gasteiger partial charge in [-0.15, -0.1) is 0 Å². The van der Waals surface area contributed by atoms with Crippen LogP contribution in [-0.4, -0.2) is 37.2 Å². The van der Waals surface area contributed by atoms with E-state index in [2.05, 4.69) is 118 Å². The van der Waals surface area contributed by atoms with Crippen LogP contribution in [0.5, 0.6) is 0 Å². The van der Waals surface area contributed by atoms with Crippen LogP contribution in [0.3, 0.4) is 0 Å². The lowest BCUT2D eigenvalue weighted by molar-refractivity contribution is -0.167. The van der Waals surface area contributed by atoms with Crippen LogP contribution in [-0.2, 0) is 28.6 Å². The van der Waals surface area contributed by atoms with E-state index in [1.165, 1.54) is 154 Å². The Labute approximate surface area is 477 Å². The molecule has 6 nitrogen and oxygen atoms in total. The maximum Gasteiger partial charge on any atom is 0.306 e. The molecule has 0 bridgehead atoms. The van der Waals surface area contributed by atoms with E-state index >= 15 is 0 Å². The molecule has 0 aromatic carbocycles. The highest BCUT2D eigenvalue weighted by atomic mass is 16.6. The molecule has 1 atom stereocenters. The lowest BCUT2D eigenvalue weighted by Gasteiger charge is -2.18. The number of hydrogen-bond acceptors (Lipinski definition) is 6. The molecule has 0 saturated carbocycles. The van der Waals surface area contributed by atoms with E-state index in [0.29, 0.717) is 19.3 Å². The lowest BCUT2D eigenvalue weighted by atomic mass is 10.0. The van der Waals surface area contributed by atoms with Crippen LogP contribution in [0.25, 0.3) is 0 Å². The van der Waals surface area contributed by atoms with Gasteiger partial charge in [0.15, 0.2) is 6.10 Å². The van der Waals surface area contributed by atoms with E-state index in [0.717, 1.165) is 122 Å². The van der Waals surface area contributed by atoms with Crippen LogP contribution < -0.4 is 0 Å². The molecule has 0 aromatic heterocycles. The molecule has 0 aromatic rings. The summed E-state index contributed by atoms with van der Waals surface area (Å²) in [7, 11) is 0. The smallest absolute Gasteiger partial charge is 0.306 e. The van der Waals surface area contributed by atoms with E-state index in [9.17, 15) is 14.4 Å². The van der Waals surface area contributed by atoms with Crippen molar-refractivity contribution >= 4 is 17.9 Å². The Morgan fingerprint density at radius 1 is 0.273 bits per heavy atom. The molecule has 0 aliphatic heterocycles. The third kappa shape index (κ3) is 63.0. The van der Waals surface area contributed by atoms with E-state index in [-0.39, 0.29) is 31.1 Å². The van der Waals surface area contributed by atoms with Gasteiger partial charge in [0.1, 0.15) is 13.2 Å². The zero-order valence-electron chi connectivity index (χ0n) is 50.7. The van der Waals surface area contributed by atoms with Gasteiger partial charge in [-0.1, -0.05) is 298 Å². The molecule has 0 amide bonds. The van der Waals surface area contributed by atoms with Crippen LogP contribution in [0.15, 0.2) is 97.2 Å². The topological polar surface area (TPSA) is 78.9 Å². The summed E-state index contributed by atoms with van der Waals surface area (Å²) in [5.41, 5.74) is 0. The predicted molar refractivity (Wildman–Crippen MR) is 334 cm³/mol. The number of allylic oxidation sites excluding steroid dienone is 16. The second-order valence-corrected chi connectivity index (χ2v) is 21.6. The van der Waals surface area contributed by atoms with Crippen molar-refractivity contribution in [2.24, 2.45) is 0 Å². The van der Waals surface area contributed by atoms with E-state index < -0.39 is 6.10 Å². The highest BCUT2D eigenvalue weighted by Crippen LogP contribution is 2.17. The number of carbonyl (C=O) groups is 3. The summed E-state index contributed by atoms with van der Waals surface area (Å²) in [5.74, 6) is -0.884. The highest BCUT2D eigenvalue weighted by Gasteiger charge is 2.19. The molecule has 0 heterocycles. The molecule has 77 heavy (non-hydrogen) atoms. The van der Waals surface area contributed by atoms with Crippen molar-refractivity contribution in [1.29, 1.82) is 0 Å². The fourth-order valence-corrected chi connectivity index (χ4v) is 9.25. The summed E-state index contributed by atoms with van der Waals surface area (Å²) in [4.78, 5) is 38.2. The van der Waals surface area contributed by atoms with Crippen molar-refractivity contribution in [3.05, 3.63) is 97.2 Å². The molecule has 0 aliphatic rings. The van der Waals surface area contributed by atoms with Gasteiger partial charge in [0.05, 0.1) is 0 Å². The Balaban J connectivity index is 4.13. The summed E-state index contributed by atoms with van der Waals surface area (Å²) in [5, 5.41) is 0. The summed E-state index contributed by atoms with van der Waals surface area (Å²) in [6.07, 6.45) is 87.2. The van der Waals surface area contributed by atoms with Crippen molar-refractivity contribution in [2.75, 3.05) is 13.2 Å². The maximum absolute atomic E-state index is 12.9. The zero-order chi connectivity index (χ0) is 55.7. The Bertz CT molecular complexity index is 1510. The number of rotatable bonds is 59. The molecule has 1 unspecified atom stereocenters. The van der Waals surface area contributed by atoms with Gasteiger partial charge in [0, 0.05) is 19.3 Å². The van der Waals surface area contributed by atoms with Crippen molar-refractivity contribution in [3.8, 4) is 0 Å². The number of esters is 3. The van der Waals surface area contributed by atoms with E-state index in [4.69, 9.17) is 14.2 Å². The molecule has 0 rings (SSSR count). The molecule has 442 valence electrons. The second-order valence-electron chi connectivity index (χ2n) is 21.6. The first kappa shape index (κ1) is 73.3. The number of unbranched alkanes of at least 4 members (excludes halogenated alkanes) is 32. The van der Waals surface area contributed by atoms with Gasteiger partial charge < -0.3 is 14.2 Å². The Morgan fingerprint density at radius 2 is 0.506 bits per heavy atom. The lowest BCUT2D eigenvalue weighted by Crippen LogP contribution is -2.30. The molecule has 0 saturated heterocycles. The third-order valence-electron chi connectivity index (χ3n) is 14.1.